The Morgan fingerprint density at radius 1 is 1.10 bits per heavy atom. The molecule has 1 aliphatic heterocycles. The second-order valence-corrected chi connectivity index (χ2v) is 8.24. The molecule has 29 heavy (non-hydrogen) atoms. The van der Waals surface area contributed by atoms with Crippen LogP contribution in [0.4, 0.5) is 0 Å². The Kier molecular flexibility index (Phi) is 7.75. The largest absolute Gasteiger partial charge is 0.493 e. The molecule has 0 aromatic heterocycles. The molecule has 150 valence electrons. The third kappa shape index (κ3) is 5.85. The Morgan fingerprint density at radius 2 is 1.83 bits per heavy atom. The van der Waals surface area contributed by atoms with E-state index in [0.29, 0.717) is 39.8 Å². The molecule has 7 heteroatoms. The number of thioether (sulfide) groups is 1. The van der Waals surface area contributed by atoms with Crippen molar-refractivity contribution in [2.45, 2.75) is 6.42 Å². The average molecular weight is 446 g/mol. The van der Waals surface area contributed by atoms with Gasteiger partial charge < -0.3 is 9.47 Å². The summed E-state index contributed by atoms with van der Waals surface area (Å²) in [5.41, 5.74) is 0.838. The lowest BCUT2D eigenvalue weighted by Crippen LogP contribution is -2.27. The van der Waals surface area contributed by atoms with Gasteiger partial charge in [0, 0.05) is 23.6 Å². The van der Waals surface area contributed by atoms with Crippen LogP contribution in [0.1, 0.15) is 12.0 Å². The van der Waals surface area contributed by atoms with Gasteiger partial charge in [-0.05, 0) is 36.4 Å². The second kappa shape index (κ2) is 10.5. The predicted octanol–water partition coefficient (Wildman–Crippen LogP) is 5.58. The molecule has 0 N–H and O–H groups in total. The predicted molar refractivity (Wildman–Crippen MR) is 124 cm³/mol. The van der Waals surface area contributed by atoms with Crippen LogP contribution < -0.4 is 9.47 Å². The number of ether oxygens (including phenoxy) is 2. The molecule has 1 fully saturated rings. The number of amides is 1. The monoisotopic (exact) mass is 445 g/mol. The first-order valence-corrected chi connectivity index (χ1v) is 10.6. The number of thiocarbonyl (C=S) groups is 1. The van der Waals surface area contributed by atoms with Crippen LogP contribution in [0.5, 0.6) is 11.5 Å². The highest BCUT2D eigenvalue weighted by molar-refractivity contribution is 8.26. The minimum absolute atomic E-state index is 0.105. The van der Waals surface area contributed by atoms with Crippen molar-refractivity contribution in [1.82, 2.24) is 4.90 Å². The lowest BCUT2D eigenvalue weighted by atomic mass is 10.2. The zero-order valence-electron chi connectivity index (χ0n) is 15.7. The number of rotatable bonds is 9. The van der Waals surface area contributed by atoms with Gasteiger partial charge in [0.15, 0.2) is 0 Å². The fourth-order valence-corrected chi connectivity index (χ4v) is 4.01. The van der Waals surface area contributed by atoms with E-state index in [1.54, 1.807) is 18.2 Å². The van der Waals surface area contributed by atoms with Crippen molar-refractivity contribution in [3.63, 3.8) is 0 Å². The number of para-hydroxylation sites is 1. The summed E-state index contributed by atoms with van der Waals surface area (Å²) in [5.74, 6) is 1.38. The van der Waals surface area contributed by atoms with E-state index in [9.17, 15) is 4.79 Å². The molecule has 3 rings (SSSR count). The summed E-state index contributed by atoms with van der Waals surface area (Å²) in [6, 6.07) is 14.9. The van der Waals surface area contributed by atoms with Crippen molar-refractivity contribution < 1.29 is 14.3 Å². The molecule has 2 aromatic rings. The summed E-state index contributed by atoms with van der Waals surface area (Å²) < 4.78 is 12.1. The van der Waals surface area contributed by atoms with Gasteiger partial charge >= 0.3 is 0 Å². The Labute approximate surface area is 185 Å². The number of hydrogen-bond acceptors (Lipinski definition) is 5. The summed E-state index contributed by atoms with van der Waals surface area (Å²) in [6.45, 7) is 5.11. The van der Waals surface area contributed by atoms with Gasteiger partial charge in [-0.3, -0.25) is 9.69 Å². The summed E-state index contributed by atoms with van der Waals surface area (Å²) in [6.07, 6.45) is 4.21. The normalized spacial score (nSPS) is 15.1. The van der Waals surface area contributed by atoms with Gasteiger partial charge in [-0.1, -0.05) is 59.9 Å². The summed E-state index contributed by atoms with van der Waals surface area (Å²) in [7, 11) is 0. The highest BCUT2D eigenvalue weighted by Gasteiger charge is 2.31. The molecule has 1 amide bonds. The van der Waals surface area contributed by atoms with E-state index in [1.165, 1.54) is 16.7 Å². The summed E-state index contributed by atoms with van der Waals surface area (Å²) in [4.78, 5) is 14.6. The topological polar surface area (TPSA) is 38.8 Å². The SMILES string of the molecule is C=CCN1C(=O)/C(=C/c2ccccc2OCCCOc2ccc(Cl)cc2)SC1=S. The first-order chi connectivity index (χ1) is 14.1. The molecule has 0 bridgehead atoms. The molecule has 1 saturated heterocycles. The zero-order chi connectivity index (χ0) is 20.6. The van der Waals surface area contributed by atoms with Crippen LogP contribution in [0.25, 0.3) is 6.08 Å². The highest BCUT2D eigenvalue weighted by atomic mass is 35.5. The van der Waals surface area contributed by atoms with E-state index in [-0.39, 0.29) is 5.91 Å². The van der Waals surface area contributed by atoms with Gasteiger partial charge in [0.25, 0.3) is 5.91 Å². The summed E-state index contributed by atoms with van der Waals surface area (Å²) in [5, 5.41) is 0.679. The van der Waals surface area contributed by atoms with Crippen molar-refractivity contribution in [2.24, 2.45) is 0 Å². The Hall–Kier alpha value is -2.28. The molecular formula is C22H20ClNO3S2. The van der Waals surface area contributed by atoms with Crippen molar-refractivity contribution in [1.29, 1.82) is 0 Å². The molecule has 0 unspecified atom stereocenters. The number of nitrogens with zero attached hydrogens (tertiary/aromatic N) is 1. The molecule has 1 heterocycles. The molecule has 2 aromatic carbocycles. The van der Waals surface area contributed by atoms with Crippen LogP contribution in [0.2, 0.25) is 5.02 Å². The molecule has 0 saturated carbocycles. The highest BCUT2D eigenvalue weighted by Crippen LogP contribution is 2.34. The minimum Gasteiger partial charge on any atom is -0.493 e. The molecule has 0 spiro atoms. The number of halogens is 1. The molecule has 1 aliphatic rings. The van der Waals surface area contributed by atoms with Crippen molar-refractivity contribution in [3.8, 4) is 11.5 Å². The minimum atomic E-state index is -0.105. The first-order valence-electron chi connectivity index (χ1n) is 9.05. The Bertz CT molecular complexity index is 928. The Balaban J connectivity index is 1.56. The van der Waals surface area contributed by atoms with Crippen molar-refractivity contribution in [3.05, 3.63) is 76.7 Å². The zero-order valence-corrected chi connectivity index (χ0v) is 18.1. The van der Waals surface area contributed by atoms with Crippen molar-refractivity contribution in [2.75, 3.05) is 19.8 Å². The maximum Gasteiger partial charge on any atom is 0.266 e. The van der Waals surface area contributed by atoms with Gasteiger partial charge in [0.05, 0.1) is 18.1 Å². The van der Waals surface area contributed by atoms with Gasteiger partial charge in [-0.25, -0.2) is 0 Å². The summed E-state index contributed by atoms with van der Waals surface area (Å²) >= 11 is 12.4. The quantitative estimate of drug-likeness (QED) is 0.218. The van der Waals surface area contributed by atoms with Gasteiger partial charge in [-0.15, -0.1) is 6.58 Å². The molecule has 4 nitrogen and oxygen atoms in total. The van der Waals surface area contributed by atoms with Crippen LogP contribution in [0, 0.1) is 0 Å². The van der Waals surface area contributed by atoms with E-state index >= 15 is 0 Å². The van der Waals surface area contributed by atoms with Gasteiger partial charge in [0.2, 0.25) is 0 Å². The first kappa shape index (κ1) is 21.4. The van der Waals surface area contributed by atoms with E-state index in [4.69, 9.17) is 33.3 Å². The fourth-order valence-electron chi connectivity index (χ4n) is 2.62. The smallest absolute Gasteiger partial charge is 0.266 e. The van der Waals surface area contributed by atoms with Crippen LogP contribution >= 0.6 is 35.6 Å². The lowest BCUT2D eigenvalue weighted by molar-refractivity contribution is -0.121. The maximum absolute atomic E-state index is 12.5. The van der Waals surface area contributed by atoms with E-state index in [2.05, 4.69) is 6.58 Å². The number of carbonyl (C=O) groups is 1. The number of carbonyl (C=O) groups excluding carboxylic acids is 1. The van der Waals surface area contributed by atoms with Crippen LogP contribution in [0.3, 0.4) is 0 Å². The third-order valence-electron chi connectivity index (χ3n) is 4.02. The van der Waals surface area contributed by atoms with Crippen LogP contribution in [-0.2, 0) is 4.79 Å². The molecule has 0 aliphatic carbocycles. The number of hydrogen-bond donors (Lipinski definition) is 0. The maximum atomic E-state index is 12.5. The second-order valence-electron chi connectivity index (χ2n) is 6.12. The molecule has 0 radical (unpaired) electrons. The molecule has 0 atom stereocenters. The van der Waals surface area contributed by atoms with Crippen LogP contribution in [-0.4, -0.2) is 34.9 Å². The Morgan fingerprint density at radius 3 is 2.59 bits per heavy atom. The van der Waals surface area contributed by atoms with Gasteiger partial charge in [-0.2, -0.15) is 0 Å². The lowest BCUT2D eigenvalue weighted by Gasteiger charge is -2.11. The van der Waals surface area contributed by atoms with Crippen molar-refractivity contribution >= 4 is 51.9 Å². The van der Waals surface area contributed by atoms with E-state index in [0.717, 1.165) is 17.7 Å². The fraction of sp³-hybridized carbons (Fsp3) is 0.182. The average Bonchev–Trinajstić information content (AvgIpc) is 2.98. The number of benzene rings is 2. The van der Waals surface area contributed by atoms with E-state index < -0.39 is 0 Å². The van der Waals surface area contributed by atoms with Gasteiger partial charge in [0.1, 0.15) is 15.8 Å². The third-order valence-corrected chi connectivity index (χ3v) is 5.65. The standard InChI is InChI=1S/C22H20ClNO3S2/c1-2-12-24-21(25)20(29-22(24)28)15-16-6-3-4-7-19(16)27-14-5-13-26-18-10-8-17(23)9-11-18/h2-4,6-11,15H,1,5,12-14H2/b20-15-. The van der Waals surface area contributed by atoms with Crippen LogP contribution in [0.15, 0.2) is 66.1 Å². The molecular weight excluding hydrogens is 426 g/mol. The van der Waals surface area contributed by atoms with E-state index in [1.807, 2.05) is 42.5 Å².